The van der Waals surface area contributed by atoms with Crippen LogP contribution in [0.2, 0.25) is 0 Å². The van der Waals surface area contributed by atoms with E-state index in [1.54, 1.807) is 0 Å². The van der Waals surface area contributed by atoms with Crippen LogP contribution in [0.5, 0.6) is 0 Å². The van der Waals surface area contributed by atoms with Gasteiger partial charge in [0.1, 0.15) is 0 Å². The molecule has 3 heteroatoms. The summed E-state index contributed by atoms with van der Waals surface area (Å²) in [6.07, 6.45) is 5.64. The maximum Gasteiger partial charge on any atom is 0.0702 e. The van der Waals surface area contributed by atoms with E-state index in [4.69, 9.17) is 4.74 Å². The topological polar surface area (TPSA) is 24.5 Å². The SMILES string of the molecule is CNCCCCCC1CN(CC(C)C)CCO1. The van der Waals surface area contributed by atoms with E-state index in [-0.39, 0.29) is 0 Å². The first-order valence-electron chi connectivity index (χ1n) is 7.21. The number of hydrogen-bond donors (Lipinski definition) is 1. The normalized spacial score (nSPS) is 22.2. The van der Waals surface area contributed by atoms with E-state index in [1.807, 2.05) is 7.05 Å². The minimum Gasteiger partial charge on any atom is -0.376 e. The summed E-state index contributed by atoms with van der Waals surface area (Å²) in [6.45, 7) is 10.1. The molecule has 0 spiro atoms. The Morgan fingerprint density at radius 2 is 2.12 bits per heavy atom. The fourth-order valence-corrected chi connectivity index (χ4v) is 2.49. The molecule has 0 radical (unpaired) electrons. The van der Waals surface area contributed by atoms with E-state index in [9.17, 15) is 0 Å². The number of hydrogen-bond acceptors (Lipinski definition) is 3. The molecule has 3 nitrogen and oxygen atoms in total. The van der Waals surface area contributed by atoms with Crippen molar-refractivity contribution in [2.45, 2.75) is 45.6 Å². The van der Waals surface area contributed by atoms with Crippen molar-refractivity contribution in [3.63, 3.8) is 0 Å². The molecule has 17 heavy (non-hydrogen) atoms. The van der Waals surface area contributed by atoms with E-state index in [2.05, 4.69) is 24.1 Å². The summed E-state index contributed by atoms with van der Waals surface area (Å²) in [5.74, 6) is 0.768. The molecule has 0 bridgehead atoms. The second kappa shape index (κ2) is 8.90. The zero-order chi connectivity index (χ0) is 12.5. The lowest BCUT2D eigenvalue weighted by molar-refractivity contribution is -0.0360. The van der Waals surface area contributed by atoms with Gasteiger partial charge in [-0.05, 0) is 32.4 Å². The largest absolute Gasteiger partial charge is 0.376 e. The number of nitrogens with one attached hydrogen (secondary N) is 1. The summed E-state index contributed by atoms with van der Waals surface area (Å²) in [5.41, 5.74) is 0. The molecule has 0 aromatic heterocycles. The standard InChI is InChI=1S/C14H30N2O/c1-13(2)11-16-9-10-17-14(12-16)7-5-4-6-8-15-3/h13-15H,4-12H2,1-3H3. The van der Waals surface area contributed by atoms with Crippen LogP contribution in [0, 0.1) is 5.92 Å². The molecule has 1 rings (SSSR count). The fourth-order valence-electron chi connectivity index (χ4n) is 2.49. The van der Waals surface area contributed by atoms with Gasteiger partial charge in [-0.2, -0.15) is 0 Å². The van der Waals surface area contributed by atoms with Gasteiger partial charge in [0, 0.05) is 19.6 Å². The summed E-state index contributed by atoms with van der Waals surface area (Å²) in [6, 6.07) is 0. The highest BCUT2D eigenvalue weighted by Crippen LogP contribution is 2.13. The Balaban J connectivity index is 2.08. The van der Waals surface area contributed by atoms with Gasteiger partial charge in [0.15, 0.2) is 0 Å². The zero-order valence-corrected chi connectivity index (χ0v) is 11.9. The Hall–Kier alpha value is -0.120. The minimum atomic E-state index is 0.483. The summed E-state index contributed by atoms with van der Waals surface area (Å²) in [7, 11) is 2.02. The van der Waals surface area contributed by atoms with Gasteiger partial charge in [-0.25, -0.2) is 0 Å². The van der Waals surface area contributed by atoms with E-state index >= 15 is 0 Å². The molecule has 1 fully saturated rings. The Morgan fingerprint density at radius 3 is 2.82 bits per heavy atom. The van der Waals surface area contributed by atoms with Crippen molar-refractivity contribution in [1.82, 2.24) is 10.2 Å². The first-order chi connectivity index (χ1) is 8.22. The fraction of sp³-hybridized carbons (Fsp3) is 1.00. The quantitative estimate of drug-likeness (QED) is 0.660. The number of unbranched alkanes of at least 4 members (excludes halogenated alkanes) is 2. The number of rotatable bonds is 8. The van der Waals surface area contributed by atoms with Gasteiger partial charge in [0.05, 0.1) is 12.7 Å². The van der Waals surface area contributed by atoms with Crippen LogP contribution in [0.4, 0.5) is 0 Å². The van der Waals surface area contributed by atoms with E-state index in [0.717, 1.165) is 32.2 Å². The molecule has 1 unspecified atom stereocenters. The van der Waals surface area contributed by atoms with Crippen molar-refractivity contribution in [2.24, 2.45) is 5.92 Å². The highest BCUT2D eigenvalue weighted by molar-refractivity contribution is 4.72. The van der Waals surface area contributed by atoms with Gasteiger partial charge < -0.3 is 10.1 Å². The van der Waals surface area contributed by atoms with Crippen molar-refractivity contribution in [1.29, 1.82) is 0 Å². The van der Waals surface area contributed by atoms with Gasteiger partial charge in [-0.15, -0.1) is 0 Å². The maximum atomic E-state index is 5.84. The second-order valence-corrected chi connectivity index (χ2v) is 5.60. The van der Waals surface area contributed by atoms with Crippen LogP contribution in [0.3, 0.4) is 0 Å². The van der Waals surface area contributed by atoms with E-state index in [1.165, 1.54) is 32.2 Å². The predicted molar refractivity (Wildman–Crippen MR) is 73.4 cm³/mol. The highest BCUT2D eigenvalue weighted by Gasteiger charge is 2.20. The zero-order valence-electron chi connectivity index (χ0n) is 11.9. The molecule has 1 aliphatic heterocycles. The molecular formula is C14H30N2O. The third kappa shape index (κ3) is 7.02. The lowest BCUT2D eigenvalue weighted by Gasteiger charge is -2.34. The number of nitrogens with zero attached hydrogens (tertiary/aromatic N) is 1. The van der Waals surface area contributed by atoms with Gasteiger partial charge >= 0.3 is 0 Å². The molecule has 0 aromatic rings. The molecule has 1 aliphatic rings. The van der Waals surface area contributed by atoms with Gasteiger partial charge in [0.25, 0.3) is 0 Å². The van der Waals surface area contributed by atoms with Crippen molar-refractivity contribution >= 4 is 0 Å². The van der Waals surface area contributed by atoms with Crippen LogP contribution in [0.1, 0.15) is 39.5 Å². The molecule has 1 saturated heterocycles. The number of ether oxygens (including phenoxy) is 1. The van der Waals surface area contributed by atoms with Gasteiger partial charge in [-0.3, -0.25) is 4.90 Å². The van der Waals surface area contributed by atoms with Crippen LogP contribution in [0.15, 0.2) is 0 Å². The van der Waals surface area contributed by atoms with Crippen molar-refractivity contribution in [3.8, 4) is 0 Å². The summed E-state index contributed by atoms with van der Waals surface area (Å²) in [4.78, 5) is 2.56. The first-order valence-corrected chi connectivity index (χ1v) is 7.21. The number of morpholine rings is 1. The van der Waals surface area contributed by atoms with Crippen LogP contribution >= 0.6 is 0 Å². The second-order valence-electron chi connectivity index (χ2n) is 5.60. The Morgan fingerprint density at radius 1 is 1.29 bits per heavy atom. The van der Waals surface area contributed by atoms with Crippen LogP contribution in [-0.2, 0) is 4.74 Å². The molecular weight excluding hydrogens is 212 g/mol. The average molecular weight is 242 g/mol. The van der Waals surface area contributed by atoms with E-state index in [0.29, 0.717) is 6.10 Å². The maximum absolute atomic E-state index is 5.84. The summed E-state index contributed by atoms with van der Waals surface area (Å²) >= 11 is 0. The monoisotopic (exact) mass is 242 g/mol. The Labute approximate surface area is 107 Å². The predicted octanol–water partition coefficient (Wildman–Crippen LogP) is 2.12. The van der Waals surface area contributed by atoms with Crippen LogP contribution in [0.25, 0.3) is 0 Å². The highest BCUT2D eigenvalue weighted by atomic mass is 16.5. The first kappa shape index (κ1) is 14.9. The summed E-state index contributed by atoms with van der Waals surface area (Å²) in [5, 5.41) is 3.20. The van der Waals surface area contributed by atoms with Crippen molar-refractivity contribution in [3.05, 3.63) is 0 Å². The molecule has 0 aromatic carbocycles. The van der Waals surface area contributed by atoms with Crippen LogP contribution < -0.4 is 5.32 Å². The third-order valence-electron chi connectivity index (χ3n) is 3.30. The lowest BCUT2D eigenvalue weighted by Crippen LogP contribution is -2.43. The minimum absolute atomic E-state index is 0.483. The molecule has 1 atom stereocenters. The average Bonchev–Trinajstić information content (AvgIpc) is 2.28. The summed E-state index contributed by atoms with van der Waals surface area (Å²) < 4.78 is 5.84. The molecule has 1 heterocycles. The van der Waals surface area contributed by atoms with Crippen molar-refractivity contribution in [2.75, 3.05) is 39.8 Å². The molecule has 0 saturated carbocycles. The van der Waals surface area contributed by atoms with E-state index < -0.39 is 0 Å². The van der Waals surface area contributed by atoms with Crippen LogP contribution in [-0.4, -0.2) is 50.8 Å². The van der Waals surface area contributed by atoms with Gasteiger partial charge in [0.2, 0.25) is 0 Å². The molecule has 102 valence electrons. The molecule has 0 amide bonds. The Kier molecular flexibility index (Phi) is 7.82. The Bertz CT molecular complexity index is 185. The van der Waals surface area contributed by atoms with Gasteiger partial charge in [-0.1, -0.05) is 26.7 Å². The third-order valence-corrected chi connectivity index (χ3v) is 3.30. The molecule has 0 aliphatic carbocycles. The smallest absolute Gasteiger partial charge is 0.0702 e. The lowest BCUT2D eigenvalue weighted by atomic mass is 10.1. The van der Waals surface area contributed by atoms with Crippen molar-refractivity contribution < 1.29 is 4.74 Å². The molecule has 1 N–H and O–H groups in total.